The van der Waals surface area contributed by atoms with Crippen molar-refractivity contribution in [1.29, 1.82) is 0 Å². The van der Waals surface area contributed by atoms with Gasteiger partial charge in [-0.1, -0.05) is 71.5 Å². The summed E-state index contributed by atoms with van der Waals surface area (Å²) in [6, 6.07) is 13.1. The monoisotopic (exact) mass is 708 g/mol. The summed E-state index contributed by atoms with van der Waals surface area (Å²) in [5.41, 5.74) is 2.60. The van der Waals surface area contributed by atoms with Gasteiger partial charge in [0.1, 0.15) is 37.9 Å². The lowest BCUT2D eigenvalue weighted by Gasteiger charge is -2.15. The van der Waals surface area contributed by atoms with E-state index in [1.54, 1.807) is 60.7 Å². The van der Waals surface area contributed by atoms with Crippen molar-refractivity contribution in [3.8, 4) is 11.5 Å². The average Bonchev–Trinajstić information content (AvgIpc) is 3.08. The normalized spacial score (nSPS) is 10.3. The lowest BCUT2D eigenvalue weighted by atomic mass is 9.91. The molecule has 0 fully saturated rings. The Hall–Kier alpha value is -5.78. The first-order chi connectivity index (χ1) is 24.1. The summed E-state index contributed by atoms with van der Waals surface area (Å²) < 4.78 is 28.5. The van der Waals surface area contributed by atoms with Crippen LogP contribution in [0.1, 0.15) is 65.5 Å². The molecule has 0 saturated carbocycles. The Morgan fingerprint density at radius 2 is 0.941 bits per heavy atom. The Bertz CT molecular complexity index is 1370. The van der Waals surface area contributed by atoms with Crippen LogP contribution in [0.25, 0.3) is 12.2 Å². The molecular weight excluding hydrogens is 660 g/mol. The van der Waals surface area contributed by atoms with E-state index in [-0.39, 0.29) is 37.6 Å². The Morgan fingerprint density at radius 3 is 1.20 bits per heavy atom. The first kappa shape index (κ1) is 45.2. The summed E-state index contributed by atoms with van der Waals surface area (Å²) in [4.78, 5) is 65.3. The molecule has 0 unspecified atom stereocenters. The zero-order chi connectivity index (χ0) is 38.7. The molecule has 0 N–H and O–H groups in total. The smallest absolute Gasteiger partial charge is 0.333 e. The molecule has 12 nitrogen and oxygen atoms in total. The first-order valence-corrected chi connectivity index (χ1v) is 15.9. The number of ether oxygens (including phenoxy) is 6. The Morgan fingerprint density at radius 1 is 0.608 bits per heavy atom. The van der Waals surface area contributed by atoms with E-state index < -0.39 is 23.9 Å². The highest BCUT2D eigenvalue weighted by Gasteiger charge is 2.07. The molecule has 12 heteroatoms. The highest BCUT2D eigenvalue weighted by molar-refractivity contribution is 5.88. The third-order valence-corrected chi connectivity index (χ3v) is 5.77. The van der Waals surface area contributed by atoms with E-state index in [0.717, 1.165) is 11.1 Å². The molecular formula is C39H48O12. The van der Waals surface area contributed by atoms with Gasteiger partial charge >= 0.3 is 23.9 Å². The SMILES string of the molecule is C=C(C)C(=O)OCCOC(=O)/C=C/c1ccc(OC=O)cc1.C=C(C)C(=O)OCCOC(=O)/C=C/c1ccc(OC=O)cc1.CCCC(C)(C)C. The van der Waals surface area contributed by atoms with Gasteiger partial charge < -0.3 is 28.4 Å². The molecule has 0 heterocycles. The van der Waals surface area contributed by atoms with Crippen molar-refractivity contribution in [2.45, 2.75) is 54.4 Å². The second-order valence-corrected chi connectivity index (χ2v) is 11.7. The molecule has 0 spiro atoms. The van der Waals surface area contributed by atoms with Crippen molar-refractivity contribution >= 4 is 49.0 Å². The Labute approximate surface area is 299 Å². The summed E-state index contributed by atoms with van der Waals surface area (Å²) >= 11 is 0. The van der Waals surface area contributed by atoms with E-state index >= 15 is 0 Å². The van der Waals surface area contributed by atoms with Gasteiger partial charge in [0.15, 0.2) is 0 Å². The van der Waals surface area contributed by atoms with Gasteiger partial charge in [0.25, 0.3) is 12.9 Å². The van der Waals surface area contributed by atoms with E-state index in [0.29, 0.717) is 29.9 Å². The molecule has 0 radical (unpaired) electrons. The number of carbonyl (C=O) groups excluding carboxylic acids is 6. The maximum absolute atomic E-state index is 11.4. The Kier molecular flexibility index (Phi) is 23.2. The third-order valence-electron chi connectivity index (χ3n) is 5.77. The first-order valence-electron chi connectivity index (χ1n) is 15.9. The standard InChI is InChI=1S/2C16H16O6.C7H16/c2*1-12(2)16(19)21-10-9-20-15(18)8-5-13-3-6-14(7-4-13)22-11-17;1-5-6-7(2,3)4/h2*3-8,11H,1,9-10H2,2H3;5-6H2,1-4H3/b2*8-5+;. The molecule has 2 aromatic carbocycles. The minimum atomic E-state index is -0.556. The van der Waals surface area contributed by atoms with Crippen LogP contribution in [0.3, 0.4) is 0 Å². The number of hydrogen-bond acceptors (Lipinski definition) is 12. The van der Waals surface area contributed by atoms with Crippen molar-refractivity contribution in [2.75, 3.05) is 26.4 Å². The van der Waals surface area contributed by atoms with E-state index in [1.165, 1.54) is 38.8 Å². The van der Waals surface area contributed by atoms with Crippen LogP contribution in [0.4, 0.5) is 0 Å². The molecule has 0 aliphatic heterocycles. The van der Waals surface area contributed by atoms with Gasteiger partial charge in [-0.25, -0.2) is 19.2 Å². The van der Waals surface area contributed by atoms with Crippen molar-refractivity contribution in [3.05, 3.63) is 96.1 Å². The number of rotatable bonds is 17. The second-order valence-electron chi connectivity index (χ2n) is 11.7. The van der Waals surface area contributed by atoms with Crippen LogP contribution in [0.2, 0.25) is 0 Å². The summed E-state index contributed by atoms with van der Waals surface area (Å²) in [6.45, 7) is 19.5. The third kappa shape index (κ3) is 24.9. The van der Waals surface area contributed by atoms with Gasteiger partial charge in [0, 0.05) is 23.3 Å². The van der Waals surface area contributed by atoms with Gasteiger partial charge in [0.2, 0.25) is 0 Å². The van der Waals surface area contributed by atoms with Crippen LogP contribution in [-0.4, -0.2) is 63.2 Å². The maximum Gasteiger partial charge on any atom is 0.333 e. The highest BCUT2D eigenvalue weighted by atomic mass is 16.6. The number of carbonyl (C=O) groups is 6. The molecule has 0 amide bonds. The van der Waals surface area contributed by atoms with Crippen LogP contribution in [0.5, 0.6) is 11.5 Å². The van der Waals surface area contributed by atoms with Gasteiger partial charge in [-0.2, -0.15) is 0 Å². The molecule has 0 bridgehead atoms. The van der Waals surface area contributed by atoms with Crippen LogP contribution < -0.4 is 9.47 Å². The van der Waals surface area contributed by atoms with E-state index in [2.05, 4.69) is 50.3 Å². The average molecular weight is 709 g/mol. The van der Waals surface area contributed by atoms with Gasteiger partial charge in [-0.3, -0.25) is 9.59 Å². The topological polar surface area (TPSA) is 158 Å². The second kappa shape index (κ2) is 26.1. The minimum absolute atomic E-state index is 0.0248. The quantitative estimate of drug-likeness (QED) is 0.0569. The summed E-state index contributed by atoms with van der Waals surface area (Å²) in [6.07, 6.45) is 8.24. The molecule has 0 aromatic heterocycles. The summed E-state index contributed by atoms with van der Waals surface area (Å²) in [5, 5.41) is 0. The fraction of sp³-hybridized carbons (Fsp3) is 0.333. The van der Waals surface area contributed by atoms with Gasteiger partial charge in [-0.15, -0.1) is 0 Å². The van der Waals surface area contributed by atoms with Crippen LogP contribution >= 0.6 is 0 Å². The van der Waals surface area contributed by atoms with E-state index in [4.69, 9.17) is 18.9 Å². The Balaban J connectivity index is 0.000000827. The molecule has 0 aliphatic carbocycles. The lowest BCUT2D eigenvalue weighted by molar-refractivity contribution is -0.146. The van der Waals surface area contributed by atoms with E-state index in [9.17, 15) is 28.8 Å². The zero-order valence-corrected chi connectivity index (χ0v) is 30.1. The summed E-state index contributed by atoms with van der Waals surface area (Å²) in [5.74, 6) is -1.34. The van der Waals surface area contributed by atoms with Gasteiger partial charge in [0.05, 0.1) is 0 Å². The number of esters is 4. The molecule has 0 aliphatic rings. The molecule has 0 saturated heterocycles. The number of benzene rings is 2. The van der Waals surface area contributed by atoms with E-state index in [1.807, 2.05) is 0 Å². The summed E-state index contributed by atoms with van der Waals surface area (Å²) in [7, 11) is 0. The lowest BCUT2D eigenvalue weighted by Crippen LogP contribution is -2.12. The fourth-order valence-corrected chi connectivity index (χ4v) is 3.40. The minimum Gasteiger partial charge on any atom is -0.459 e. The fourth-order valence-electron chi connectivity index (χ4n) is 3.40. The largest absolute Gasteiger partial charge is 0.459 e. The van der Waals surface area contributed by atoms with Crippen molar-refractivity contribution in [2.24, 2.45) is 5.41 Å². The molecule has 2 rings (SSSR count). The molecule has 51 heavy (non-hydrogen) atoms. The predicted octanol–water partition coefficient (Wildman–Crippen LogP) is 6.63. The molecule has 2 aromatic rings. The highest BCUT2D eigenvalue weighted by Crippen LogP contribution is 2.19. The van der Waals surface area contributed by atoms with Crippen LogP contribution in [0, 0.1) is 5.41 Å². The maximum atomic E-state index is 11.4. The van der Waals surface area contributed by atoms with Gasteiger partial charge in [-0.05, 0) is 73.2 Å². The van der Waals surface area contributed by atoms with Crippen LogP contribution in [0.15, 0.2) is 85.0 Å². The zero-order valence-electron chi connectivity index (χ0n) is 30.1. The molecule has 0 atom stereocenters. The van der Waals surface area contributed by atoms with Crippen molar-refractivity contribution < 1.29 is 57.2 Å². The van der Waals surface area contributed by atoms with Crippen molar-refractivity contribution in [3.63, 3.8) is 0 Å². The van der Waals surface area contributed by atoms with Crippen molar-refractivity contribution in [1.82, 2.24) is 0 Å². The molecule has 276 valence electrons. The number of hydrogen-bond donors (Lipinski definition) is 0. The van der Waals surface area contributed by atoms with Crippen LogP contribution in [-0.2, 0) is 47.7 Å². The predicted molar refractivity (Wildman–Crippen MR) is 192 cm³/mol.